The number of aromatic nitrogens is 2. The number of ether oxygens (including phenoxy) is 1. The standard InChI is InChI=1S/C16H14N4O3/c1-23-13-5-2-11(3-6-13)9-18-16-10-17-15-8-12(20(21)22)4-7-14(15)19-16/h2-8,10H,9H2,1H3,(H,18,19). The Balaban J connectivity index is 1.75. The molecule has 0 amide bonds. The molecule has 0 aliphatic carbocycles. The van der Waals surface area contributed by atoms with Crippen molar-refractivity contribution in [2.24, 2.45) is 0 Å². The van der Waals surface area contributed by atoms with E-state index in [1.165, 1.54) is 12.1 Å². The molecule has 3 rings (SSSR count). The average molecular weight is 310 g/mol. The van der Waals surface area contributed by atoms with Gasteiger partial charge >= 0.3 is 0 Å². The van der Waals surface area contributed by atoms with Gasteiger partial charge in [-0.15, -0.1) is 0 Å². The van der Waals surface area contributed by atoms with Gasteiger partial charge in [-0.25, -0.2) is 4.98 Å². The fourth-order valence-corrected chi connectivity index (χ4v) is 2.13. The summed E-state index contributed by atoms with van der Waals surface area (Å²) in [5.41, 5.74) is 2.19. The second-order valence-electron chi connectivity index (χ2n) is 4.89. The number of anilines is 1. The lowest BCUT2D eigenvalue weighted by Crippen LogP contribution is -2.02. The molecule has 0 aliphatic heterocycles. The van der Waals surface area contributed by atoms with Gasteiger partial charge in [-0.2, -0.15) is 0 Å². The van der Waals surface area contributed by atoms with Crippen LogP contribution in [0.5, 0.6) is 5.75 Å². The molecule has 2 aromatic carbocycles. The highest BCUT2D eigenvalue weighted by atomic mass is 16.6. The minimum absolute atomic E-state index is 0.00532. The Morgan fingerprint density at radius 1 is 1.17 bits per heavy atom. The van der Waals surface area contributed by atoms with Crippen molar-refractivity contribution in [3.63, 3.8) is 0 Å². The number of nitro groups is 1. The summed E-state index contributed by atoms with van der Waals surface area (Å²) in [5.74, 6) is 1.42. The zero-order chi connectivity index (χ0) is 16.2. The molecule has 23 heavy (non-hydrogen) atoms. The Bertz CT molecular complexity index is 850. The number of methoxy groups -OCH3 is 1. The second-order valence-corrected chi connectivity index (χ2v) is 4.89. The summed E-state index contributed by atoms with van der Waals surface area (Å²) in [4.78, 5) is 18.9. The van der Waals surface area contributed by atoms with Crippen LogP contribution in [0.25, 0.3) is 11.0 Å². The lowest BCUT2D eigenvalue weighted by Gasteiger charge is -2.07. The van der Waals surface area contributed by atoms with Crippen LogP contribution < -0.4 is 10.1 Å². The number of rotatable bonds is 5. The third-order valence-corrected chi connectivity index (χ3v) is 3.37. The summed E-state index contributed by atoms with van der Waals surface area (Å²) in [6, 6.07) is 12.1. The Morgan fingerprint density at radius 2 is 1.96 bits per heavy atom. The molecule has 0 atom stereocenters. The topological polar surface area (TPSA) is 90.2 Å². The smallest absolute Gasteiger partial charge is 0.271 e. The van der Waals surface area contributed by atoms with Gasteiger partial charge in [0.2, 0.25) is 0 Å². The van der Waals surface area contributed by atoms with Crippen LogP contribution in [0.15, 0.2) is 48.7 Å². The molecular formula is C16H14N4O3. The SMILES string of the molecule is COc1ccc(CNc2cnc3cc([N+](=O)[O-])ccc3n2)cc1. The van der Waals surface area contributed by atoms with E-state index >= 15 is 0 Å². The molecule has 0 spiro atoms. The number of fused-ring (bicyclic) bond motifs is 1. The molecule has 7 nitrogen and oxygen atoms in total. The summed E-state index contributed by atoms with van der Waals surface area (Å²) in [7, 11) is 1.63. The highest BCUT2D eigenvalue weighted by molar-refractivity contribution is 5.78. The highest BCUT2D eigenvalue weighted by Gasteiger charge is 2.08. The third-order valence-electron chi connectivity index (χ3n) is 3.37. The number of hydrogen-bond donors (Lipinski definition) is 1. The van der Waals surface area contributed by atoms with Crippen molar-refractivity contribution < 1.29 is 9.66 Å². The lowest BCUT2D eigenvalue weighted by atomic mass is 10.2. The Morgan fingerprint density at radius 3 is 2.65 bits per heavy atom. The van der Waals surface area contributed by atoms with E-state index < -0.39 is 4.92 Å². The van der Waals surface area contributed by atoms with Crippen LogP contribution >= 0.6 is 0 Å². The van der Waals surface area contributed by atoms with Crippen molar-refractivity contribution in [1.82, 2.24) is 9.97 Å². The first-order chi connectivity index (χ1) is 11.2. The highest BCUT2D eigenvalue weighted by Crippen LogP contribution is 2.19. The fourth-order valence-electron chi connectivity index (χ4n) is 2.13. The van der Waals surface area contributed by atoms with Gasteiger partial charge < -0.3 is 10.1 Å². The van der Waals surface area contributed by atoms with Gasteiger partial charge in [0.25, 0.3) is 5.69 Å². The minimum atomic E-state index is -0.447. The first-order valence-electron chi connectivity index (χ1n) is 6.94. The number of nitrogens with zero attached hydrogens (tertiary/aromatic N) is 3. The van der Waals surface area contributed by atoms with Crippen molar-refractivity contribution >= 4 is 22.5 Å². The van der Waals surface area contributed by atoms with Crippen LogP contribution in [-0.4, -0.2) is 22.0 Å². The summed E-state index contributed by atoms with van der Waals surface area (Å²) in [6.07, 6.45) is 1.57. The number of non-ortho nitro benzene ring substituents is 1. The van der Waals surface area contributed by atoms with Crippen LogP contribution in [0.2, 0.25) is 0 Å². The molecule has 0 fully saturated rings. The van der Waals surface area contributed by atoms with Crippen LogP contribution in [0.4, 0.5) is 11.5 Å². The Hall–Kier alpha value is -3.22. The predicted molar refractivity (Wildman–Crippen MR) is 86.5 cm³/mol. The normalized spacial score (nSPS) is 10.5. The van der Waals surface area contributed by atoms with Gasteiger partial charge in [-0.3, -0.25) is 15.1 Å². The Kier molecular flexibility index (Phi) is 4.01. The molecule has 0 bridgehead atoms. The third kappa shape index (κ3) is 3.34. The quantitative estimate of drug-likeness (QED) is 0.575. The average Bonchev–Trinajstić information content (AvgIpc) is 2.59. The number of nitro benzene ring substituents is 1. The van der Waals surface area contributed by atoms with E-state index in [9.17, 15) is 10.1 Å². The summed E-state index contributed by atoms with van der Waals surface area (Å²) in [6.45, 7) is 0.594. The molecule has 1 heterocycles. The maximum atomic E-state index is 10.8. The van der Waals surface area contributed by atoms with Gasteiger partial charge in [0.05, 0.1) is 29.3 Å². The van der Waals surface area contributed by atoms with Crippen LogP contribution in [-0.2, 0) is 6.54 Å². The maximum Gasteiger partial charge on any atom is 0.271 e. The van der Waals surface area contributed by atoms with Crippen molar-refractivity contribution in [1.29, 1.82) is 0 Å². The summed E-state index contributed by atoms with van der Waals surface area (Å²) in [5, 5.41) is 13.9. The molecule has 3 aromatic rings. The van der Waals surface area contributed by atoms with Crippen molar-refractivity contribution in [3.8, 4) is 5.75 Å². The van der Waals surface area contributed by atoms with Gasteiger partial charge in [0, 0.05) is 18.7 Å². The van der Waals surface area contributed by atoms with E-state index in [-0.39, 0.29) is 5.69 Å². The maximum absolute atomic E-state index is 10.8. The molecule has 0 saturated heterocycles. The Labute approximate surface area is 132 Å². The lowest BCUT2D eigenvalue weighted by molar-refractivity contribution is -0.384. The van der Waals surface area contributed by atoms with E-state index in [4.69, 9.17) is 4.74 Å². The van der Waals surface area contributed by atoms with Crippen molar-refractivity contribution in [3.05, 3.63) is 64.3 Å². The van der Waals surface area contributed by atoms with E-state index in [0.29, 0.717) is 23.4 Å². The molecule has 1 N–H and O–H groups in total. The molecule has 1 aromatic heterocycles. The molecule has 0 unspecified atom stereocenters. The van der Waals surface area contributed by atoms with Crippen molar-refractivity contribution in [2.75, 3.05) is 12.4 Å². The first kappa shape index (κ1) is 14.7. The van der Waals surface area contributed by atoms with Gasteiger partial charge in [0.1, 0.15) is 11.6 Å². The van der Waals surface area contributed by atoms with E-state index in [2.05, 4.69) is 15.3 Å². The van der Waals surface area contributed by atoms with Crippen molar-refractivity contribution in [2.45, 2.75) is 6.54 Å². The molecule has 0 radical (unpaired) electrons. The second kappa shape index (κ2) is 6.27. The number of nitrogens with one attached hydrogen (secondary N) is 1. The summed E-state index contributed by atoms with van der Waals surface area (Å²) < 4.78 is 5.12. The van der Waals surface area contributed by atoms with Gasteiger partial charge in [0.15, 0.2) is 0 Å². The van der Waals surface area contributed by atoms with E-state index in [0.717, 1.165) is 11.3 Å². The molecule has 0 aliphatic rings. The largest absolute Gasteiger partial charge is 0.497 e. The van der Waals surface area contributed by atoms with Crippen LogP contribution in [0.3, 0.4) is 0 Å². The van der Waals surface area contributed by atoms with E-state index in [1.54, 1.807) is 19.4 Å². The fraction of sp³-hybridized carbons (Fsp3) is 0.125. The van der Waals surface area contributed by atoms with Crippen LogP contribution in [0, 0.1) is 10.1 Å². The molecular weight excluding hydrogens is 296 g/mol. The van der Waals surface area contributed by atoms with Gasteiger partial charge in [-0.05, 0) is 23.8 Å². The molecule has 0 saturated carbocycles. The first-order valence-corrected chi connectivity index (χ1v) is 6.94. The predicted octanol–water partition coefficient (Wildman–Crippen LogP) is 3.16. The zero-order valence-corrected chi connectivity index (χ0v) is 12.4. The van der Waals surface area contributed by atoms with E-state index in [1.807, 2.05) is 24.3 Å². The molecule has 7 heteroatoms. The van der Waals surface area contributed by atoms with Crippen LogP contribution in [0.1, 0.15) is 5.56 Å². The molecule has 116 valence electrons. The number of hydrogen-bond acceptors (Lipinski definition) is 6. The monoisotopic (exact) mass is 310 g/mol. The number of benzene rings is 2. The van der Waals surface area contributed by atoms with Gasteiger partial charge in [-0.1, -0.05) is 12.1 Å². The zero-order valence-electron chi connectivity index (χ0n) is 12.4. The minimum Gasteiger partial charge on any atom is -0.497 e. The summed E-state index contributed by atoms with van der Waals surface area (Å²) >= 11 is 0.